The van der Waals surface area contributed by atoms with Crippen LogP contribution in [0.4, 0.5) is 0 Å². The summed E-state index contributed by atoms with van der Waals surface area (Å²) in [6, 6.07) is 1.93. The Morgan fingerprint density at radius 1 is 1.69 bits per heavy atom. The third-order valence-corrected chi connectivity index (χ3v) is 2.94. The second kappa shape index (κ2) is 6.62. The number of hydrogen-bond acceptors (Lipinski definition) is 4. The predicted octanol–water partition coefficient (Wildman–Crippen LogP) is 0.756. The van der Waals surface area contributed by atoms with E-state index in [0.717, 1.165) is 5.56 Å². The molecule has 1 N–H and O–H groups in total. The molecule has 0 aliphatic rings. The van der Waals surface area contributed by atoms with Crippen LogP contribution >= 0.6 is 11.3 Å². The molecule has 4 nitrogen and oxygen atoms in total. The summed E-state index contributed by atoms with van der Waals surface area (Å²) in [6.07, 6.45) is -0.235. The number of amides is 1. The van der Waals surface area contributed by atoms with Crippen molar-refractivity contribution in [3.05, 3.63) is 22.4 Å². The summed E-state index contributed by atoms with van der Waals surface area (Å²) in [5.41, 5.74) is 1.02. The summed E-state index contributed by atoms with van der Waals surface area (Å²) in [5.74, 6) is 0.00792. The molecule has 1 heterocycles. The maximum atomic E-state index is 11.7. The lowest BCUT2D eigenvalue weighted by atomic mass is 10.2. The van der Waals surface area contributed by atoms with Gasteiger partial charge in [-0.05, 0) is 22.4 Å². The maximum absolute atomic E-state index is 11.7. The van der Waals surface area contributed by atoms with Crippen molar-refractivity contribution >= 4 is 17.2 Å². The topological polar surface area (TPSA) is 49.8 Å². The fraction of sp³-hybridized carbons (Fsp3) is 0.545. The van der Waals surface area contributed by atoms with Crippen LogP contribution in [0, 0.1) is 0 Å². The van der Waals surface area contributed by atoms with Gasteiger partial charge in [0.15, 0.2) is 0 Å². The zero-order valence-electron chi connectivity index (χ0n) is 9.55. The number of likely N-dealkylation sites (N-methyl/N-ethyl adjacent to an activating group) is 1. The van der Waals surface area contributed by atoms with Gasteiger partial charge in [-0.15, -0.1) is 0 Å². The summed E-state index contributed by atoms with van der Waals surface area (Å²) in [4.78, 5) is 13.3. The van der Waals surface area contributed by atoms with Crippen molar-refractivity contribution in [3.8, 4) is 0 Å². The summed E-state index contributed by atoms with van der Waals surface area (Å²) in [5, 5.41) is 13.4. The molecule has 0 fully saturated rings. The van der Waals surface area contributed by atoms with Crippen molar-refractivity contribution in [2.75, 3.05) is 27.3 Å². The molecular formula is C11H17NO3S. The van der Waals surface area contributed by atoms with Gasteiger partial charge in [0.05, 0.1) is 19.1 Å². The molecular weight excluding hydrogens is 226 g/mol. The number of thiophene rings is 1. The molecule has 0 saturated carbocycles. The van der Waals surface area contributed by atoms with Crippen LogP contribution < -0.4 is 0 Å². The first-order valence-electron chi connectivity index (χ1n) is 5.05. The normalized spacial score (nSPS) is 12.4. The Morgan fingerprint density at radius 3 is 3.00 bits per heavy atom. The van der Waals surface area contributed by atoms with Gasteiger partial charge in [0, 0.05) is 20.7 Å². The lowest BCUT2D eigenvalue weighted by molar-refractivity contribution is -0.130. The van der Waals surface area contributed by atoms with Crippen LogP contribution in [0.15, 0.2) is 16.8 Å². The zero-order valence-corrected chi connectivity index (χ0v) is 10.4. The van der Waals surface area contributed by atoms with E-state index in [-0.39, 0.29) is 12.5 Å². The van der Waals surface area contributed by atoms with Crippen LogP contribution in [-0.2, 0) is 16.0 Å². The SMILES string of the molecule is COCC(O)CN(C)C(=O)Cc1ccsc1. The molecule has 0 saturated heterocycles. The molecule has 1 rings (SSSR count). The number of methoxy groups -OCH3 is 1. The molecule has 5 heteroatoms. The second-order valence-electron chi connectivity index (χ2n) is 3.69. The second-order valence-corrected chi connectivity index (χ2v) is 4.47. The van der Waals surface area contributed by atoms with E-state index in [2.05, 4.69) is 0 Å². The highest BCUT2D eigenvalue weighted by atomic mass is 32.1. The van der Waals surface area contributed by atoms with Gasteiger partial charge in [-0.2, -0.15) is 11.3 Å². The fourth-order valence-corrected chi connectivity index (χ4v) is 2.03. The summed E-state index contributed by atoms with van der Waals surface area (Å²) >= 11 is 1.58. The van der Waals surface area contributed by atoms with Crippen LogP contribution in [0.2, 0.25) is 0 Å². The third-order valence-electron chi connectivity index (χ3n) is 2.20. The highest BCUT2D eigenvalue weighted by Crippen LogP contribution is 2.08. The van der Waals surface area contributed by atoms with Gasteiger partial charge in [-0.25, -0.2) is 0 Å². The minimum absolute atomic E-state index is 0.00792. The first-order chi connectivity index (χ1) is 7.63. The molecule has 0 aliphatic heterocycles. The van der Waals surface area contributed by atoms with E-state index in [9.17, 15) is 9.90 Å². The Labute approximate surface area is 99.5 Å². The minimum atomic E-state index is -0.624. The largest absolute Gasteiger partial charge is 0.389 e. The average Bonchev–Trinajstić information content (AvgIpc) is 2.70. The maximum Gasteiger partial charge on any atom is 0.226 e. The van der Waals surface area contributed by atoms with Gasteiger partial charge in [0.2, 0.25) is 5.91 Å². The molecule has 1 amide bonds. The van der Waals surface area contributed by atoms with Crippen molar-refractivity contribution in [2.24, 2.45) is 0 Å². The number of hydrogen-bond donors (Lipinski definition) is 1. The van der Waals surface area contributed by atoms with Gasteiger partial charge in [-0.3, -0.25) is 4.79 Å². The van der Waals surface area contributed by atoms with Crippen molar-refractivity contribution in [2.45, 2.75) is 12.5 Å². The van der Waals surface area contributed by atoms with Crippen molar-refractivity contribution < 1.29 is 14.6 Å². The van der Waals surface area contributed by atoms with Gasteiger partial charge in [0.25, 0.3) is 0 Å². The van der Waals surface area contributed by atoms with E-state index < -0.39 is 6.10 Å². The van der Waals surface area contributed by atoms with Gasteiger partial charge in [0.1, 0.15) is 0 Å². The van der Waals surface area contributed by atoms with Crippen molar-refractivity contribution in [1.82, 2.24) is 4.90 Å². The number of ether oxygens (including phenoxy) is 1. The monoisotopic (exact) mass is 243 g/mol. The molecule has 0 aromatic carbocycles. The number of aliphatic hydroxyl groups excluding tert-OH is 1. The van der Waals surface area contributed by atoms with Crippen LogP contribution in [0.1, 0.15) is 5.56 Å². The zero-order chi connectivity index (χ0) is 12.0. The molecule has 0 spiro atoms. The van der Waals surface area contributed by atoms with Gasteiger partial charge < -0.3 is 14.7 Å². The number of rotatable bonds is 6. The Hall–Kier alpha value is -0.910. The standard InChI is InChI=1S/C11H17NO3S/c1-12(6-10(13)7-15-2)11(14)5-9-3-4-16-8-9/h3-4,8,10,13H,5-7H2,1-2H3. The molecule has 0 radical (unpaired) electrons. The summed E-state index contributed by atoms with van der Waals surface area (Å²) in [7, 11) is 3.21. The van der Waals surface area contributed by atoms with Crippen LogP contribution in [0.5, 0.6) is 0 Å². The van der Waals surface area contributed by atoms with Gasteiger partial charge >= 0.3 is 0 Å². The Bertz CT molecular complexity index is 313. The molecule has 1 atom stereocenters. The molecule has 0 bridgehead atoms. The van der Waals surface area contributed by atoms with E-state index in [1.807, 2.05) is 16.8 Å². The van der Waals surface area contributed by atoms with E-state index in [4.69, 9.17) is 4.74 Å². The molecule has 16 heavy (non-hydrogen) atoms. The number of nitrogens with zero attached hydrogens (tertiary/aromatic N) is 1. The highest BCUT2D eigenvalue weighted by Gasteiger charge is 2.13. The van der Waals surface area contributed by atoms with Crippen LogP contribution in [-0.4, -0.2) is 49.3 Å². The van der Waals surface area contributed by atoms with Crippen LogP contribution in [0.25, 0.3) is 0 Å². The lowest BCUT2D eigenvalue weighted by Gasteiger charge is -2.20. The fourth-order valence-electron chi connectivity index (χ4n) is 1.37. The Morgan fingerprint density at radius 2 is 2.44 bits per heavy atom. The smallest absolute Gasteiger partial charge is 0.226 e. The van der Waals surface area contributed by atoms with Crippen molar-refractivity contribution in [3.63, 3.8) is 0 Å². The molecule has 1 aromatic heterocycles. The van der Waals surface area contributed by atoms with E-state index in [1.54, 1.807) is 18.4 Å². The van der Waals surface area contributed by atoms with E-state index in [0.29, 0.717) is 13.0 Å². The minimum Gasteiger partial charge on any atom is -0.389 e. The quantitative estimate of drug-likeness (QED) is 0.802. The van der Waals surface area contributed by atoms with E-state index in [1.165, 1.54) is 12.0 Å². The van der Waals surface area contributed by atoms with Gasteiger partial charge in [-0.1, -0.05) is 0 Å². The molecule has 1 aromatic rings. The van der Waals surface area contributed by atoms with Crippen molar-refractivity contribution in [1.29, 1.82) is 0 Å². The molecule has 90 valence electrons. The third kappa shape index (κ3) is 4.30. The first-order valence-corrected chi connectivity index (χ1v) is 5.99. The Balaban J connectivity index is 2.36. The van der Waals surface area contributed by atoms with E-state index >= 15 is 0 Å². The average molecular weight is 243 g/mol. The number of carbonyl (C=O) groups is 1. The number of aliphatic hydroxyl groups is 1. The molecule has 0 aliphatic carbocycles. The summed E-state index contributed by atoms with van der Waals surface area (Å²) < 4.78 is 4.80. The number of carbonyl (C=O) groups excluding carboxylic acids is 1. The first kappa shape index (κ1) is 13.2. The summed E-state index contributed by atoms with van der Waals surface area (Å²) in [6.45, 7) is 0.548. The lowest BCUT2D eigenvalue weighted by Crippen LogP contribution is -2.37. The molecule has 1 unspecified atom stereocenters. The Kier molecular flexibility index (Phi) is 5.45. The predicted molar refractivity (Wildman–Crippen MR) is 63.5 cm³/mol. The highest BCUT2D eigenvalue weighted by molar-refractivity contribution is 7.07. The van der Waals surface area contributed by atoms with Crippen LogP contribution in [0.3, 0.4) is 0 Å².